The number of amides is 2. The predicted molar refractivity (Wildman–Crippen MR) is 136 cm³/mol. The summed E-state index contributed by atoms with van der Waals surface area (Å²) in [6.45, 7) is 4.71. The number of anilines is 1. The van der Waals surface area contributed by atoms with Crippen LogP contribution in [-0.4, -0.2) is 24.9 Å². The first-order chi connectivity index (χ1) is 16.0. The van der Waals surface area contributed by atoms with E-state index in [1.165, 1.54) is 28.5 Å². The van der Waals surface area contributed by atoms with Crippen molar-refractivity contribution in [3.63, 3.8) is 0 Å². The van der Waals surface area contributed by atoms with Crippen molar-refractivity contribution in [2.24, 2.45) is 0 Å². The van der Waals surface area contributed by atoms with E-state index in [9.17, 15) is 9.59 Å². The summed E-state index contributed by atoms with van der Waals surface area (Å²) >= 11 is 1.46. The zero-order chi connectivity index (χ0) is 23.2. The number of hydrogen-bond donors (Lipinski definition) is 1. The van der Waals surface area contributed by atoms with Gasteiger partial charge in [-0.1, -0.05) is 84.9 Å². The summed E-state index contributed by atoms with van der Waals surface area (Å²) in [5.41, 5.74) is 5.40. The Morgan fingerprint density at radius 3 is 2.55 bits per heavy atom. The summed E-state index contributed by atoms with van der Waals surface area (Å²) in [4.78, 5) is 29.2. The smallest absolute Gasteiger partial charge is 0.265 e. The Balaban J connectivity index is 1.47. The number of hydrogen-bond acceptors (Lipinski definition) is 3. The Hall–Kier alpha value is -3.31. The molecule has 1 aliphatic rings. The van der Waals surface area contributed by atoms with Gasteiger partial charge in [-0.25, -0.2) is 0 Å². The van der Waals surface area contributed by atoms with Crippen LogP contribution in [0.3, 0.4) is 0 Å². The van der Waals surface area contributed by atoms with Crippen LogP contribution in [0.15, 0.2) is 82.6 Å². The van der Waals surface area contributed by atoms with Crippen molar-refractivity contribution in [1.82, 2.24) is 5.32 Å². The molecule has 0 atom stereocenters. The predicted octanol–water partition coefficient (Wildman–Crippen LogP) is 5.40. The minimum atomic E-state index is -0.163. The molecule has 1 aliphatic heterocycles. The van der Waals surface area contributed by atoms with E-state index in [-0.39, 0.29) is 18.4 Å². The number of thioether (sulfide) groups is 1. The van der Waals surface area contributed by atoms with E-state index < -0.39 is 0 Å². The summed E-state index contributed by atoms with van der Waals surface area (Å²) in [6, 6.07) is 24.2. The van der Waals surface area contributed by atoms with Gasteiger partial charge in [0.05, 0.1) is 10.6 Å². The molecule has 33 heavy (non-hydrogen) atoms. The van der Waals surface area contributed by atoms with E-state index in [0.717, 1.165) is 29.0 Å². The van der Waals surface area contributed by atoms with Gasteiger partial charge in [0, 0.05) is 11.4 Å². The molecule has 0 unspecified atom stereocenters. The molecule has 5 heteroatoms. The van der Waals surface area contributed by atoms with Crippen LogP contribution in [0.25, 0.3) is 6.08 Å². The van der Waals surface area contributed by atoms with Crippen LogP contribution < -0.4 is 10.2 Å². The maximum atomic E-state index is 13.3. The number of benzene rings is 3. The second-order valence-electron chi connectivity index (χ2n) is 8.15. The third-order valence-electron chi connectivity index (χ3n) is 5.64. The van der Waals surface area contributed by atoms with Crippen LogP contribution >= 0.6 is 11.8 Å². The maximum Gasteiger partial charge on any atom is 0.265 e. The fourth-order valence-electron chi connectivity index (χ4n) is 3.83. The lowest BCUT2D eigenvalue weighted by Crippen LogP contribution is -2.43. The van der Waals surface area contributed by atoms with Crippen molar-refractivity contribution >= 4 is 35.3 Å². The molecule has 0 saturated carbocycles. The summed E-state index contributed by atoms with van der Waals surface area (Å²) in [7, 11) is 0. The minimum absolute atomic E-state index is 0.00363. The highest BCUT2D eigenvalue weighted by Crippen LogP contribution is 2.41. The van der Waals surface area contributed by atoms with Crippen molar-refractivity contribution in [3.05, 3.63) is 100.0 Å². The number of rotatable bonds is 7. The number of aryl methyl sites for hydroxylation is 2. The second-order valence-corrected chi connectivity index (χ2v) is 9.24. The fraction of sp³-hybridized carbons (Fsp3) is 0.214. The molecule has 1 heterocycles. The first-order valence-electron chi connectivity index (χ1n) is 11.2. The Bertz CT molecular complexity index is 1180. The molecule has 4 nitrogen and oxygen atoms in total. The van der Waals surface area contributed by atoms with Gasteiger partial charge in [-0.3, -0.25) is 14.5 Å². The van der Waals surface area contributed by atoms with Gasteiger partial charge < -0.3 is 5.32 Å². The summed E-state index contributed by atoms with van der Waals surface area (Å²) in [5, 5.41) is 2.97. The van der Waals surface area contributed by atoms with Crippen molar-refractivity contribution in [1.29, 1.82) is 0 Å². The first kappa shape index (κ1) is 22.9. The molecule has 0 aliphatic carbocycles. The third kappa shape index (κ3) is 5.74. The molecule has 0 bridgehead atoms. The van der Waals surface area contributed by atoms with Gasteiger partial charge in [0.15, 0.2) is 0 Å². The third-order valence-corrected chi connectivity index (χ3v) is 6.72. The molecule has 0 radical (unpaired) electrons. The van der Waals surface area contributed by atoms with Crippen molar-refractivity contribution < 1.29 is 9.59 Å². The molecule has 168 valence electrons. The fourth-order valence-corrected chi connectivity index (χ4v) is 4.89. The highest BCUT2D eigenvalue weighted by atomic mass is 32.2. The van der Waals surface area contributed by atoms with Gasteiger partial charge in [-0.15, -0.1) is 0 Å². The van der Waals surface area contributed by atoms with Gasteiger partial charge in [0.25, 0.3) is 5.91 Å². The number of nitrogens with one attached hydrogen (secondary N) is 1. The van der Waals surface area contributed by atoms with Crippen LogP contribution in [-0.2, 0) is 22.4 Å². The van der Waals surface area contributed by atoms with Gasteiger partial charge in [-0.05, 0) is 54.7 Å². The zero-order valence-corrected chi connectivity index (χ0v) is 19.8. The largest absolute Gasteiger partial charge is 0.354 e. The standard InChI is InChI=1S/C28H28N2O2S/c1-3-21-11-13-23(14-12-21)18-26-28(32)30(24-9-4-5-10-25(24)33-26)19-27(31)29-16-15-22-8-6-7-20(2)17-22/h4-14,17-18H,3,15-16,19H2,1-2H3,(H,29,31). The summed E-state index contributed by atoms with van der Waals surface area (Å²) in [5.74, 6) is -0.309. The molecule has 3 aromatic rings. The zero-order valence-electron chi connectivity index (χ0n) is 19.0. The van der Waals surface area contributed by atoms with E-state index in [1.54, 1.807) is 4.90 Å². The number of para-hydroxylation sites is 1. The monoisotopic (exact) mass is 456 g/mol. The lowest BCUT2D eigenvalue weighted by molar-refractivity contribution is -0.122. The Labute approximate surface area is 199 Å². The van der Waals surface area contributed by atoms with Crippen LogP contribution in [0, 0.1) is 6.92 Å². The van der Waals surface area contributed by atoms with Gasteiger partial charge in [0.2, 0.25) is 5.91 Å². The summed E-state index contributed by atoms with van der Waals surface area (Å²) in [6.07, 6.45) is 3.64. The SMILES string of the molecule is CCc1ccc(C=C2Sc3ccccc3N(CC(=O)NCCc3cccc(C)c3)C2=O)cc1. The van der Waals surface area contributed by atoms with Gasteiger partial charge in [-0.2, -0.15) is 0 Å². The maximum absolute atomic E-state index is 13.3. The molecule has 0 fully saturated rings. The van der Waals surface area contributed by atoms with Crippen LogP contribution in [0.1, 0.15) is 29.2 Å². The molecule has 3 aromatic carbocycles. The lowest BCUT2D eigenvalue weighted by atomic mass is 10.1. The number of nitrogens with zero attached hydrogens (tertiary/aromatic N) is 1. The quantitative estimate of drug-likeness (QED) is 0.485. The molecule has 0 spiro atoms. The Morgan fingerprint density at radius 2 is 1.79 bits per heavy atom. The number of carbonyl (C=O) groups is 2. The van der Waals surface area contributed by atoms with Crippen LogP contribution in [0.5, 0.6) is 0 Å². The molecule has 2 amide bonds. The molecular formula is C28H28N2O2S. The average molecular weight is 457 g/mol. The molecule has 4 rings (SSSR count). The molecule has 0 aromatic heterocycles. The number of carbonyl (C=O) groups excluding carboxylic acids is 2. The average Bonchev–Trinajstić information content (AvgIpc) is 2.82. The van der Waals surface area contributed by atoms with E-state index in [1.807, 2.05) is 48.5 Å². The highest BCUT2D eigenvalue weighted by Gasteiger charge is 2.30. The summed E-state index contributed by atoms with van der Waals surface area (Å²) < 4.78 is 0. The molecule has 1 N–H and O–H groups in total. The lowest BCUT2D eigenvalue weighted by Gasteiger charge is -2.29. The second kappa shape index (κ2) is 10.5. The van der Waals surface area contributed by atoms with Crippen LogP contribution in [0.4, 0.5) is 5.69 Å². The van der Waals surface area contributed by atoms with Crippen molar-refractivity contribution in [3.8, 4) is 0 Å². The van der Waals surface area contributed by atoms with E-state index in [2.05, 4.69) is 49.5 Å². The van der Waals surface area contributed by atoms with E-state index >= 15 is 0 Å². The Morgan fingerprint density at radius 1 is 1.00 bits per heavy atom. The Kier molecular flexibility index (Phi) is 7.30. The van der Waals surface area contributed by atoms with E-state index in [4.69, 9.17) is 0 Å². The normalized spacial score (nSPS) is 14.3. The van der Waals surface area contributed by atoms with Crippen molar-refractivity contribution in [2.45, 2.75) is 31.6 Å². The van der Waals surface area contributed by atoms with Crippen LogP contribution in [0.2, 0.25) is 0 Å². The van der Waals surface area contributed by atoms with Crippen molar-refractivity contribution in [2.75, 3.05) is 18.0 Å². The minimum Gasteiger partial charge on any atom is -0.354 e. The first-order valence-corrected chi connectivity index (χ1v) is 12.1. The van der Waals surface area contributed by atoms with Gasteiger partial charge in [0.1, 0.15) is 6.54 Å². The number of fused-ring (bicyclic) bond motifs is 1. The topological polar surface area (TPSA) is 49.4 Å². The van der Waals surface area contributed by atoms with Gasteiger partial charge >= 0.3 is 0 Å². The molecular weight excluding hydrogens is 428 g/mol. The molecule has 0 saturated heterocycles. The van der Waals surface area contributed by atoms with E-state index in [0.29, 0.717) is 11.4 Å². The highest BCUT2D eigenvalue weighted by molar-refractivity contribution is 8.04.